The molecule has 0 radical (unpaired) electrons. The fourth-order valence-corrected chi connectivity index (χ4v) is 2.00. The zero-order valence-corrected chi connectivity index (χ0v) is 8.34. The predicted octanol–water partition coefficient (Wildman–Crippen LogP) is 0.0938. The van der Waals surface area contributed by atoms with Gasteiger partial charge in [-0.2, -0.15) is 9.36 Å². The van der Waals surface area contributed by atoms with Gasteiger partial charge in [0, 0.05) is 37.1 Å². The highest BCUT2D eigenvalue weighted by Gasteiger charge is 2.22. The first kappa shape index (κ1) is 8.71. The Hall–Kier alpha value is -0.880. The van der Waals surface area contributed by atoms with Gasteiger partial charge in [-0.3, -0.25) is 0 Å². The van der Waals surface area contributed by atoms with Gasteiger partial charge in [-0.25, -0.2) is 0 Å². The van der Waals surface area contributed by atoms with Crippen LogP contribution in [-0.4, -0.2) is 40.9 Å². The topological polar surface area (TPSA) is 67.1 Å². The van der Waals surface area contributed by atoms with E-state index in [2.05, 4.69) is 26.6 Å². The summed E-state index contributed by atoms with van der Waals surface area (Å²) in [4.78, 5) is 6.31. The Morgan fingerprint density at radius 3 is 3.00 bits per heavy atom. The third kappa shape index (κ3) is 2.07. The number of hydrogen-bond donors (Lipinski definition) is 2. The number of likely N-dealkylation sites (tertiary alicyclic amines) is 1. The average molecular weight is 199 g/mol. The van der Waals surface area contributed by atoms with Gasteiger partial charge in [-0.15, -0.1) is 0 Å². The molecule has 13 heavy (non-hydrogen) atoms. The van der Waals surface area contributed by atoms with Gasteiger partial charge in [-0.05, 0) is 7.05 Å². The number of nitrogens with zero attached hydrogens (tertiary/aromatic N) is 3. The molecular formula is C7H13N5S. The van der Waals surface area contributed by atoms with Crippen molar-refractivity contribution >= 4 is 22.6 Å². The summed E-state index contributed by atoms with van der Waals surface area (Å²) in [7, 11) is 2.12. The largest absolute Gasteiger partial charge is 0.367 e. The van der Waals surface area contributed by atoms with Crippen LogP contribution in [0.3, 0.4) is 0 Å². The minimum atomic E-state index is 0.359. The summed E-state index contributed by atoms with van der Waals surface area (Å²) < 4.78 is 3.89. The number of rotatable bonds is 3. The van der Waals surface area contributed by atoms with Gasteiger partial charge in [0.1, 0.15) is 0 Å². The van der Waals surface area contributed by atoms with Gasteiger partial charge >= 0.3 is 0 Å². The maximum Gasteiger partial charge on any atom is 0.233 e. The fourth-order valence-electron chi connectivity index (χ4n) is 1.50. The number of nitrogens with two attached hydrogens (primary N) is 1. The Balaban J connectivity index is 1.74. The molecule has 2 rings (SSSR count). The summed E-state index contributed by atoms with van der Waals surface area (Å²) in [5, 5.41) is 4.05. The number of nitrogens with one attached hydrogen (secondary N) is 1. The van der Waals surface area contributed by atoms with Crippen LogP contribution in [0, 0.1) is 5.92 Å². The number of aromatic nitrogens is 2. The predicted molar refractivity (Wildman–Crippen MR) is 53.8 cm³/mol. The first-order chi connectivity index (χ1) is 6.24. The van der Waals surface area contributed by atoms with Crippen LogP contribution in [0.1, 0.15) is 0 Å². The van der Waals surface area contributed by atoms with E-state index in [0.717, 1.165) is 17.6 Å². The molecule has 0 bridgehead atoms. The zero-order chi connectivity index (χ0) is 9.26. The van der Waals surface area contributed by atoms with Crippen molar-refractivity contribution in [1.82, 2.24) is 14.3 Å². The Kier molecular flexibility index (Phi) is 2.32. The molecule has 72 valence electrons. The van der Waals surface area contributed by atoms with Crippen LogP contribution in [0.5, 0.6) is 0 Å². The van der Waals surface area contributed by atoms with Crippen molar-refractivity contribution in [1.29, 1.82) is 0 Å². The molecule has 6 heteroatoms. The summed E-state index contributed by atoms with van der Waals surface area (Å²) >= 11 is 1.32. The minimum Gasteiger partial charge on any atom is -0.367 e. The molecule has 1 aliphatic rings. The van der Waals surface area contributed by atoms with Crippen LogP contribution in [0.4, 0.5) is 11.1 Å². The molecule has 2 heterocycles. The van der Waals surface area contributed by atoms with Crippen molar-refractivity contribution in [3.63, 3.8) is 0 Å². The third-order valence-corrected chi connectivity index (χ3v) is 2.81. The van der Waals surface area contributed by atoms with E-state index in [0.29, 0.717) is 5.95 Å². The maximum atomic E-state index is 5.39. The second kappa shape index (κ2) is 3.47. The quantitative estimate of drug-likeness (QED) is 0.722. The Bertz CT molecular complexity index is 280. The highest BCUT2D eigenvalue weighted by molar-refractivity contribution is 7.09. The normalized spacial score (nSPS) is 18.5. The van der Waals surface area contributed by atoms with Crippen molar-refractivity contribution in [3.05, 3.63) is 0 Å². The lowest BCUT2D eigenvalue weighted by atomic mass is 10.0. The van der Waals surface area contributed by atoms with Gasteiger partial charge in [0.15, 0.2) is 0 Å². The summed E-state index contributed by atoms with van der Waals surface area (Å²) in [6.07, 6.45) is 0. The van der Waals surface area contributed by atoms with Crippen molar-refractivity contribution in [3.8, 4) is 0 Å². The molecule has 1 aromatic heterocycles. The molecule has 1 saturated heterocycles. The van der Waals surface area contributed by atoms with Crippen molar-refractivity contribution in [2.45, 2.75) is 0 Å². The molecule has 0 saturated carbocycles. The highest BCUT2D eigenvalue weighted by Crippen LogP contribution is 2.16. The van der Waals surface area contributed by atoms with Crippen LogP contribution >= 0.6 is 11.5 Å². The molecule has 0 atom stereocenters. The highest BCUT2D eigenvalue weighted by atomic mass is 32.1. The van der Waals surface area contributed by atoms with Gasteiger partial charge in [0.2, 0.25) is 11.1 Å². The van der Waals surface area contributed by atoms with E-state index in [1.165, 1.54) is 24.6 Å². The Morgan fingerprint density at radius 1 is 1.69 bits per heavy atom. The molecule has 1 fully saturated rings. The van der Waals surface area contributed by atoms with Crippen molar-refractivity contribution in [2.75, 3.05) is 37.7 Å². The number of anilines is 2. The van der Waals surface area contributed by atoms with E-state index >= 15 is 0 Å². The molecule has 0 amide bonds. The molecule has 5 nitrogen and oxygen atoms in total. The number of hydrogen-bond acceptors (Lipinski definition) is 6. The Morgan fingerprint density at radius 2 is 2.46 bits per heavy atom. The molecular weight excluding hydrogens is 186 g/mol. The van der Waals surface area contributed by atoms with E-state index in [4.69, 9.17) is 5.73 Å². The molecule has 1 aromatic rings. The molecule has 0 unspecified atom stereocenters. The van der Waals surface area contributed by atoms with Crippen molar-refractivity contribution < 1.29 is 0 Å². The first-order valence-corrected chi connectivity index (χ1v) is 5.03. The molecule has 1 aliphatic heterocycles. The number of nitrogen functional groups attached to an aromatic ring is 1. The SMILES string of the molecule is CN1CC(CNc2nc(N)ns2)C1. The van der Waals surface area contributed by atoms with Gasteiger partial charge in [0.25, 0.3) is 0 Å². The fraction of sp³-hybridized carbons (Fsp3) is 0.714. The summed E-state index contributed by atoms with van der Waals surface area (Å²) in [5.74, 6) is 1.10. The van der Waals surface area contributed by atoms with Crippen LogP contribution in [0.25, 0.3) is 0 Å². The van der Waals surface area contributed by atoms with Crippen LogP contribution in [-0.2, 0) is 0 Å². The van der Waals surface area contributed by atoms with E-state index in [-0.39, 0.29) is 0 Å². The standard InChI is InChI=1S/C7H13N5S/c1-12-3-5(4-12)2-9-7-10-6(8)11-13-7/h5H,2-4H2,1H3,(H3,8,9,10,11). The summed E-state index contributed by atoms with van der Waals surface area (Å²) in [5.41, 5.74) is 5.39. The molecule has 0 aliphatic carbocycles. The second-order valence-corrected chi connectivity index (χ2v) is 4.18. The Labute approximate surface area is 81.1 Å². The van der Waals surface area contributed by atoms with E-state index in [1.807, 2.05) is 0 Å². The lowest BCUT2D eigenvalue weighted by Gasteiger charge is -2.36. The van der Waals surface area contributed by atoms with Crippen LogP contribution < -0.4 is 11.1 Å². The van der Waals surface area contributed by atoms with Gasteiger partial charge in [-0.1, -0.05) is 0 Å². The lowest BCUT2D eigenvalue weighted by molar-refractivity contribution is 0.144. The third-order valence-electron chi connectivity index (χ3n) is 2.12. The second-order valence-electron chi connectivity index (χ2n) is 3.43. The van der Waals surface area contributed by atoms with Crippen molar-refractivity contribution in [2.24, 2.45) is 5.92 Å². The van der Waals surface area contributed by atoms with E-state index < -0.39 is 0 Å². The first-order valence-electron chi connectivity index (χ1n) is 4.25. The van der Waals surface area contributed by atoms with Gasteiger partial charge < -0.3 is 16.0 Å². The van der Waals surface area contributed by atoms with E-state index in [9.17, 15) is 0 Å². The molecule has 3 N–H and O–H groups in total. The van der Waals surface area contributed by atoms with Crippen LogP contribution in [0.15, 0.2) is 0 Å². The summed E-state index contributed by atoms with van der Waals surface area (Å²) in [6.45, 7) is 3.31. The van der Waals surface area contributed by atoms with Gasteiger partial charge in [0.05, 0.1) is 0 Å². The zero-order valence-electron chi connectivity index (χ0n) is 7.53. The maximum absolute atomic E-state index is 5.39. The smallest absolute Gasteiger partial charge is 0.233 e. The monoisotopic (exact) mass is 199 g/mol. The minimum absolute atomic E-state index is 0.359. The molecule has 0 spiro atoms. The van der Waals surface area contributed by atoms with Crippen LogP contribution in [0.2, 0.25) is 0 Å². The lowest BCUT2D eigenvalue weighted by Crippen LogP contribution is -2.46. The molecule has 0 aromatic carbocycles. The summed E-state index contributed by atoms with van der Waals surface area (Å²) in [6, 6.07) is 0. The van der Waals surface area contributed by atoms with E-state index in [1.54, 1.807) is 0 Å². The average Bonchev–Trinajstić information content (AvgIpc) is 2.43.